The van der Waals surface area contributed by atoms with Crippen molar-refractivity contribution < 1.29 is 9.53 Å². The van der Waals surface area contributed by atoms with Crippen molar-refractivity contribution in [3.8, 4) is 17.0 Å². The number of rotatable bonds is 3. The monoisotopic (exact) mass is 335 g/mol. The number of fused-ring (bicyclic) bond motifs is 1. The molecule has 0 atom stereocenters. The van der Waals surface area contributed by atoms with Crippen molar-refractivity contribution in [1.82, 2.24) is 24.4 Å². The second kappa shape index (κ2) is 6.35. The molecule has 0 unspecified atom stereocenters. The van der Waals surface area contributed by atoms with Gasteiger partial charge in [-0.05, 0) is 24.3 Å². The van der Waals surface area contributed by atoms with Crippen LogP contribution in [0, 0.1) is 0 Å². The Morgan fingerprint density at radius 1 is 1.08 bits per heavy atom. The minimum atomic E-state index is -0.117. The van der Waals surface area contributed by atoms with Gasteiger partial charge in [0.15, 0.2) is 0 Å². The van der Waals surface area contributed by atoms with E-state index in [-0.39, 0.29) is 5.91 Å². The van der Waals surface area contributed by atoms with Crippen LogP contribution in [0.4, 0.5) is 0 Å². The van der Waals surface area contributed by atoms with Gasteiger partial charge in [0.2, 0.25) is 0 Å². The van der Waals surface area contributed by atoms with Crippen LogP contribution in [0.15, 0.2) is 49.1 Å². The number of ether oxygens (including phenoxy) is 1. The summed E-state index contributed by atoms with van der Waals surface area (Å²) in [5.74, 6) is 1.57. The molecule has 0 N–H and O–H groups in total. The van der Waals surface area contributed by atoms with Crippen LogP contribution in [0.5, 0.6) is 5.75 Å². The maximum atomic E-state index is 12.5. The molecule has 0 bridgehead atoms. The first-order valence-corrected chi connectivity index (χ1v) is 8.00. The molecule has 1 amide bonds. The summed E-state index contributed by atoms with van der Waals surface area (Å²) >= 11 is 0. The molecule has 7 heteroatoms. The quantitative estimate of drug-likeness (QED) is 0.732. The Hall–Kier alpha value is -3.22. The van der Waals surface area contributed by atoms with Crippen molar-refractivity contribution in [2.75, 3.05) is 13.7 Å². The van der Waals surface area contributed by atoms with E-state index in [9.17, 15) is 4.79 Å². The molecule has 3 heterocycles. The van der Waals surface area contributed by atoms with Gasteiger partial charge in [0.25, 0.3) is 5.91 Å². The number of methoxy groups -OCH3 is 1. The third-order valence-electron chi connectivity index (χ3n) is 4.32. The van der Waals surface area contributed by atoms with Crippen LogP contribution < -0.4 is 4.74 Å². The zero-order valence-corrected chi connectivity index (χ0v) is 13.8. The average Bonchev–Trinajstić information content (AvgIpc) is 3.11. The molecule has 1 aliphatic rings. The Bertz CT molecular complexity index is 890. The van der Waals surface area contributed by atoms with E-state index in [1.165, 1.54) is 12.4 Å². The minimum absolute atomic E-state index is 0.117. The molecule has 0 saturated carbocycles. The van der Waals surface area contributed by atoms with E-state index in [2.05, 4.69) is 19.5 Å². The minimum Gasteiger partial charge on any atom is -0.497 e. The molecule has 0 aliphatic carbocycles. The number of hydrogen-bond donors (Lipinski definition) is 0. The third kappa shape index (κ3) is 2.84. The molecule has 1 aliphatic heterocycles. The molecule has 2 aromatic heterocycles. The summed E-state index contributed by atoms with van der Waals surface area (Å²) < 4.78 is 7.36. The normalized spacial score (nSPS) is 13.4. The van der Waals surface area contributed by atoms with E-state index >= 15 is 0 Å². The molecule has 25 heavy (non-hydrogen) atoms. The highest BCUT2D eigenvalue weighted by Gasteiger charge is 2.25. The Labute approximate surface area is 144 Å². The van der Waals surface area contributed by atoms with E-state index < -0.39 is 0 Å². The van der Waals surface area contributed by atoms with Crippen molar-refractivity contribution in [1.29, 1.82) is 0 Å². The first-order chi connectivity index (χ1) is 12.3. The topological polar surface area (TPSA) is 73.1 Å². The van der Waals surface area contributed by atoms with Crippen molar-refractivity contribution in [3.05, 3.63) is 60.6 Å². The maximum absolute atomic E-state index is 12.5. The van der Waals surface area contributed by atoms with Crippen LogP contribution in [0.2, 0.25) is 0 Å². The second-order valence-corrected chi connectivity index (χ2v) is 5.76. The molecule has 126 valence electrons. The van der Waals surface area contributed by atoms with Crippen LogP contribution in [-0.2, 0) is 13.1 Å². The molecule has 1 aromatic carbocycles. The summed E-state index contributed by atoms with van der Waals surface area (Å²) in [5, 5.41) is 0. The lowest BCUT2D eigenvalue weighted by Gasteiger charge is -2.28. The van der Waals surface area contributed by atoms with Gasteiger partial charge in [0.1, 0.15) is 17.3 Å². The van der Waals surface area contributed by atoms with E-state index in [0.29, 0.717) is 25.3 Å². The van der Waals surface area contributed by atoms with E-state index in [4.69, 9.17) is 4.74 Å². The van der Waals surface area contributed by atoms with Gasteiger partial charge in [-0.15, -0.1) is 0 Å². The number of hydrogen-bond acceptors (Lipinski definition) is 5. The average molecular weight is 335 g/mol. The van der Waals surface area contributed by atoms with Crippen molar-refractivity contribution >= 4 is 5.91 Å². The van der Waals surface area contributed by atoms with Gasteiger partial charge in [-0.1, -0.05) is 0 Å². The molecule has 0 saturated heterocycles. The third-order valence-corrected chi connectivity index (χ3v) is 4.32. The summed E-state index contributed by atoms with van der Waals surface area (Å²) in [7, 11) is 1.65. The van der Waals surface area contributed by atoms with Crippen LogP contribution in [0.1, 0.15) is 16.3 Å². The highest BCUT2D eigenvalue weighted by atomic mass is 16.5. The Morgan fingerprint density at radius 2 is 1.92 bits per heavy atom. The van der Waals surface area contributed by atoms with Gasteiger partial charge >= 0.3 is 0 Å². The number of nitrogens with zero attached hydrogens (tertiary/aromatic N) is 5. The lowest BCUT2D eigenvalue weighted by molar-refractivity contribution is 0.0701. The maximum Gasteiger partial charge on any atom is 0.274 e. The van der Waals surface area contributed by atoms with Gasteiger partial charge in [-0.25, -0.2) is 9.97 Å². The predicted molar refractivity (Wildman–Crippen MR) is 91.0 cm³/mol. The summed E-state index contributed by atoms with van der Waals surface area (Å²) in [4.78, 5) is 26.8. The molecule has 4 rings (SSSR count). The standard InChI is InChI=1S/C18H17N5O2/c1-25-14-4-2-13(3-5-14)16-11-21-17-12-22(8-9-23(16)17)18(24)15-10-19-6-7-20-15/h2-7,10-11H,8-9,12H2,1H3. The van der Waals surface area contributed by atoms with Crippen molar-refractivity contribution in [2.24, 2.45) is 0 Å². The first kappa shape index (κ1) is 15.3. The van der Waals surface area contributed by atoms with Crippen LogP contribution >= 0.6 is 0 Å². The van der Waals surface area contributed by atoms with Crippen molar-refractivity contribution in [3.63, 3.8) is 0 Å². The van der Waals surface area contributed by atoms with E-state index in [1.54, 1.807) is 18.2 Å². The molecule has 0 fully saturated rings. The summed E-state index contributed by atoms with van der Waals surface area (Å²) in [6.45, 7) is 1.77. The number of carbonyl (C=O) groups excluding carboxylic acids is 1. The van der Waals surface area contributed by atoms with Crippen LogP contribution in [-0.4, -0.2) is 44.0 Å². The van der Waals surface area contributed by atoms with E-state index in [0.717, 1.165) is 22.8 Å². The van der Waals surface area contributed by atoms with Crippen LogP contribution in [0.3, 0.4) is 0 Å². The van der Waals surface area contributed by atoms with Gasteiger partial charge < -0.3 is 14.2 Å². The zero-order chi connectivity index (χ0) is 17.2. The van der Waals surface area contributed by atoms with Gasteiger partial charge in [0, 0.05) is 31.0 Å². The lowest BCUT2D eigenvalue weighted by atomic mass is 10.1. The largest absolute Gasteiger partial charge is 0.497 e. The molecular weight excluding hydrogens is 318 g/mol. The highest BCUT2D eigenvalue weighted by Crippen LogP contribution is 2.26. The first-order valence-electron chi connectivity index (χ1n) is 8.00. The predicted octanol–water partition coefficient (Wildman–Crippen LogP) is 2.00. The fourth-order valence-corrected chi connectivity index (χ4v) is 3.00. The van der Waals surface area contributed by atoms with Gasteiger partial charge in [-0.3, -0.25) is 9.78 Å². The molecule has 0 radical (unpaired) electrons. The second-order valence-electron chi connectivity index (χ2n) is 5.76. The molecule has 0 spiro atoms. The Morgan fingerprint density at radius 3 is 2.64 bits per heavy atom. The van der Waals surface area contributed by atoms with Crippen LogP contribution in [0.25, 0.3) is 11.3 Å². The van der Waals surface area contributed by atoms with Crippen molar-refractivity contribution in [2.45, 2.75) is 13.1 Å². The Balaban J connectivity index is 1.57. The smallest absolute Gasteiger partial charge is 0.274 e. The SMILES string of the molecule is COc1ccc(-c2cnc3n2CCN(C(=O)c2cnccn2)C3)cc1. The molecule has 3 aromatic rings. The zero-order valence-electron chi connectivity index (χ0n) is 13.8. The Kier molecular flexibility index (Phi) is 3.89. The van der Waals surface area contributed by atoms with E-state index in [1.807, 2.05) is 30.5 Å². The van der Waals surface area contributed by atoms with Gasteiger partial charge in [0.05, 0.1) is 31.7 Å². The lowest BCUT2D eigenvalue weighted by Crippen LogP contribution is -2.39. The number of benzene rings is 1. The number of imidazole rings is 1. The number of amides is 1. The molecule has 7 nitrogen and oxygen atoms in total. The number of aromatic nitrogens is 4. The van der Waals surface area contributed by atoms with Gasteiger partial charge in [-0.2, -0.15) is 0 Å². The summed E-state index contributed by atoms with van der Waals surface area (Å²) in [6.07, 6.45) is 6.43. The summed E-state index contributed by atoms with van der Waals surface area (Å²) in [5.41, 5.74) is 2.48. The number of carbonyl (C=O) groups is 1. The summed E-state index contributed by atoms with van der Waals surface area (Å²) in [6, 6.07) is 7.89. The fraction of sp³-hybridized carbons (Fsp3) is 0.222. The fourth-order valence-electron chi connectivity index (χ4n) is 3.00. The molecular formula is C18H17N5O2. The highest BCUT2D eigenvalue weighted by molar-refractivity contribution is 5.92.